The predicted molar refractivity (Wildman–Crippen MR) is 98.4 cm³/mol. The largest absolute Gasteiger partial charge is 0.394 e. The number of aliphatic hydroxyl groups excluding tert-OH is 1. The van der Waals surface area contributed by atoms with Gasteiger partial charge in [-0.25, -0.2) is 12.7 Å². The van der Waals surface area contributed by atoms with Crippen molar-refractivity contribution < 1.29 is 26.5 Å². The summed E-state index contributed by atoms with van der Waals surface area (Å²) in [5, 5.41) is 13.0. The van der Waals surface area contributed by atoms with Crippen molar-refractivity contribution in [3.8, 4) is 0 Å². The average molecular weight is 465 g/mol. The van der Waals surface area contributed by atoms with Gasteiger partial charge in [0.25, 0.3) is 20.1 Å². The SMILES string of the molecule is O=S(=O)(O)C[C@@]1(CO)CC2=C(NCC=C2Br)N1S(=O)(=O)c1ccccc1. The summed E-state index contributed by atoms with van der Waals surface area (Å²) in [5.74, 6) is -0.738. The van der Waals surface area contributed by atoms with Crippen molar-refractivity contribution in [2.45, 2.75) is 16.9 Å². The van der Waals surface area contributed by atoms with Crippen LogP contribution in [0.25, 0.3) is 0 Å². The van der Waals surface area contributed by atoms with Crippen LogP contribution in [0.3, 0.4) is 0 Å². The lowest BCUT2D eigenvalue weighted by atomic mass is 9.97. The first-order valence-electron chi connectivity index (χ1n) is 7.60. The lowest BCUT2D eigenvalue weighted by molar-refractivity contribution is 0.138. The van der Waals surface area contributed by atoms with Crippen molar-refractivity contribution in [2.75, 3.05) is 18.9 Å². The van der Waals surface area contributed by atoms with E-state index >= 15 is 0 Å². The monoisotopic (exact) mass is 464 g/mol. The van der Waals surface area contributed by atoms with E-state index in [2.05, 4.69) is 21.2 Å². The third kappa shape index (κ3) is 3.29. The fourth-order valence-corrected chi connectivity index (χ4v) is 6.67. The quantitative estimate of drug-likeness (QED) is 0.550. The molecule has 2 aliphatic heterocycles. The molecule has 2 aliphatic rings. The van der Waals surface area contributed by atoms with Gasteiger partial charge >= 0.3 is 0 Å². The van der Waals surface area contributed by atoms with E-state index in [0.717, 1.165) is 4.31 Å². The topological polar surface area (TPSA) is 124 Å². The number of hydrogen-bond acceptors (Lipinski definition) is 6. The molecule has 11 heteroatoms. The second kappa shape index (κ2) is 6.64. The Labute approximate surface area is 160 Å². The second-order valence-electron chi connectivity index (χ2n) is 6.13. The third-order valence-corrected chi connectivity index (χ3v) is 7.91. The van der Waals surface area contributed by atoms with E-state index in [4.69, 9.17) is 0 Å². The zero-order valence-corrected chi connectivity index (χ0v) is 16.7. The molecule has 0 aliphatic carbocycles. The first kappa shape index (κ1) is 19.4. The van der Waals surface area contributed by atoms with Crippen LogP contribution in [-0.4, -0.2) is 55.2 Å². The number of nitrogens with one attached hydrogen (secondary N) is 1. The van der Waals surface area contributed by atoms with Gasteiger partial charge in [-0.3, -0.25) is 4.55 Å². The normalized spacial score (nSPS) is 23.5. The Morgan fingerprint density at radius 3 is 2.42 bits per heavy atom. The van der Waals surface area contributed by atoms with Crippen LogP contribution in [0.4, 0.5) is 0 Å². The standard InChI is InChI=1S/C15H17BrN2O6S2/c16-13-6-7-17-14-12(13)8-15(9-19,10-25(20,21)22)18(14)26(23,24)11-4-2-1-3-5-11/h1-6,17,19H,7-10H2,(H,20,21,22)/t15-/m0/s1. The highest BCUT2D eigenvalue weighted by atomic mass is 79.9. The Kier molecular flexibility index (Phi) is 4.95. The van der Waals surface area contributed by atoms with E-state index in [9.17, 15) is 26.5 Å². The number of sulfonamides is 1. The third-order valence-electron chi connectivity index (χ3n) is 4.29. The number of halogens is 1. The molecule has 3 rings (SSSR count). The molecule has 0 fully saturated rings. The molecule has 0 spiro atoms. The molecule has 0 saturated carbocycles. The van der Waals surface area contributed by atoms with Gasteiger partial charge in [0.05, 0.1) is 11.5 Å². The van der Waals surface area contributed by atoms with Crippen LogP contribution in [0.5, 0.6) is 0 Å². The summed E-state index contributed by atoms with van der Waals surface area (Å²) in [4.78, 5) is -0.0469. The van der Waals surface area contributed by atoms with Gasteiger partial charge in [-0.15, -0.1) is 0 Å². The molecule has 2 heterocycles. The maximum absolute atomic E-state index is 13.3. The summed E-state index contributed by atoms with van der Waals surface area (Å²) in [6.07, 6.45) is 1.70. The van der Waals surface area contributed by atoms with E-state index in [1.165, 1.54) is 12.1 Å². The highest BCUT2D eigenvalue weighted by Crippen LogP contribution is 2.45. The summed E-state index contributed by atoms with van der Waals surface area (Å²) in [6.45, 7) is -0.457. The molecule has 1 aromatic carbocycles. The van der Waals surface area contributed by atoms with Gasteiger partial charge in [-0.2, -0.15) is 8.42 Å². The van der Waals surface area contributed by atoms with E-state index < -0.39 is 38.0 Å². The second-order valence-corrected chi connectivity index (χ2v) is 10.2. The number of rotatable bonds is 5. The highest BCUT2D eigenvalue weighted by molar-refractivity contribution is 9.12. The molecule has 0 saturated heterocycles. The number of hydrogen-bond donors (Lipinski definition) is 3. The van der Waals surface area contributed by atoms with E-state index in [1.807, 2.05) is 0 Å². The first-order chi connectivity index (χ1) is 12.1. The lowest BCUT2D eigenvalue weighted by Crippen LogP contribution is -2.56. The van der Waals surface area contributed by atoms with Gasteiger partial charge in [0.2, 0.25) is 0 Å². The van der Waals surface area contributed by atoms with Gasteiger partial charge in [0, 0.05) is 23.0 Å². The Bertz CT molecular complexity index is 988. The molecule has 0 unspecified atom stereocenters. The zero-order chi connectivity index (χ0) is 19.2. The van der Waals surface area contributed by atoms with Crippen LogP contribution < -0.4 is 5.32 Å². The minimum absolute atomic E-state index is 0.0469. The Morgan fingerprint density at radius 2 is 1.85 bits per heavy atom. The summed E-state index contributed by atoms with van der Waals surface area (Å²) in [6, 6.07) is 7.52. The van der Waals surface area contributed by atoms with Crippen molar-refractivity contribution in [1.82, 2.24) is 9.62 Å². The van der Waals surface area contributed by atoms with Crippen molar-refractivity contribution >= 4 is 36.1 Å². The van der Waals surface area contributed by atoms with Crippen molar-refractivity contribution in [1.29, 1.82) is 0 Å². The molecule has 26 heavy (non-hydrogen) atoms. The Balaban J connectivity index is 2.23. The van der Waals surface area contributed by atoms with E-state index in [1.54, 1.807) is 24.3 Å². The Hall–Kier alpha value is -1.40. The maximum atomic E-state index is 13.3. The number of aliphatic hydroxyl groups is 1. The highest BCUT2D eigenvalue weighted by Gasteiger charge is 2.54. The minimum Gasteiger partial charge on any atom is -0.394 e. The maximum Gasteiger partial charge on any atom is 0.267 e. The van der Waals surface area contributed by atoms with Crippen molar-refractivity contribution in [3.63, 3.8) is 0 Å². The van der Waals surface area contributed by atoms with Crippen LogP contribution >= 0.6 is 15.9 Å². The van der Waals surface area contributed by atoms with Crippen LogP contribution in [0.1, 0.15) is 6.42 Å². The van der Waals surface area contributed by atoms with Crippen LogP contribution in [0.2, 0.25) is 0 Å². The fourth-order valence-electron chi connectivity index (χ4n) is 3.27. The van der Waals surface area contributed by atoms with Crippen molar-refractivity contribution in [3.05, 3.63) is 52.3 Å². The summed E-state index contributed by atoms with van der Waals surface area (Å²) in [5.41, 5.74) is -1.23. The van der Waals surface area contributed by atoms with Crippen LogP contribution in [-0.2, 0) is 20.1 Å². The zero-order valence-electron chi connectivity index (χ0n) is 13.5. The molecule has 3 N–H and O–H groups in total. The van der Waals surface area contributed by atoms with Gasteiger partial charge in [-0.05, 0) is 12.1 Å². The Morgan fingerprint density at radius 1 is 1.19 bits per heavy atom. The van der Waals surface area contributed by atoms with Crippen molar-refractivity contribution in [2.24, 2.45) is 0 Å². The lowest BCUT2D eigenvalue weighted by Gasteiger charge is -2.38. The molecule has 8 nitrogen and oxygen atoms in total. The molecule has 0 aromatic heterocycles. The molecule has 1 aromatic rings. The molecule has 0 radical (unpaired) electrons. The molecule has 0 amide bonds. The fraction of sp³-hybridized carbons (Fsp3) is 0.333. The number of nitrogens with zero attached hydrogens (tertiary/aromatic N) is 1. The molecule has 1 atom stereocenters. The van der Waals surface area contributed by atoms with Crippen LogP contribution in [0, 0.1) is 0 Å². The number of dihydropyridines is 1. The molecule has 0 bridgehead atoms. The smallest absolute Gasteiger partial charge is 0.267 e. The van der Waals surface area contributed by atoms with E-state index in [-0.39, 0.29) is 17.1 Å². The minimum atomic E-state index is -4.57. The van der Waals surface area contributed by atoms with Gasteiger partial charge in [0.15, 0.2) is 0 Å². The van der Waals surface area contributed by atoms with Gasteiger partial charge in [-0.1, -0.05) is 40.2 Å². The molecular formula is C15H17BrN2O6S2. The van der Waals surface area contributed by atoms with Gasteiger partial charge in [0.1, 0.15) is 17.1 Å². The van der Waals surface area contributed by atoms with Crippen LogP contribution in [0.15, 0.2) is 57.2 Å². The number of benzene rings is 1. The van der Waals surface area contributed by atoms with Gasteiger partial charge < -0.3 is 10.4 Å². The average Bonchev–Trinajstić information content (AvgIpc) is 2.90. The van der Waals surface area contributed by atoms with E-state index in [0.29, 0.717) is 16.6 Å². The summed E-state index contributed by atoms with van der Waals surface area (Å²) >= 11 is 3.35. The number of allylic oxidation sites excluding steroid dienone is 1. The molecule has 142 valence electrons. The molecular weight excluding hydrogens is 448 g/mol. The predicted octanol–water partition coefficient (Wildman–Crippen LogP) is 0.793. The first-order valence-corrected chi connectivity index (χ1v) is 11.4. The summed E-state index contributed by atoms with van der Waals surface area (Å²) in [7, 11) is -8.76. The summed E-state index contributed by atoms with van der Waals surface area (Å²) < 4.78 is 60.7.